The molecule has 0 heterocycles. The quantitative estimate of drug-likeness (QED) is 0.735. The van der Waals surface area contributed by atoms with Gasteiger partial charge in [0.1, 0.15) is 0 Å². The first-order valence-corrected chi connectivity index (χ1v) is 10.2. The van der Waals surface area contributed by atoms with Crippen molar-refractivity contribution < 1.29 is 9.59 Å². The molecule has 1 aromatic carbocycles. The highest BCUT2D eigenvalue weighted by molar-refractivity contribution is 5.94. The maximum atomic E-state index is 12.9. The molecule has 0 radical (unpaired) electrons. The van der Waals surface area contributed by atoms with E-state index in [2.05, 4.69) is 24.5 Å². The molecule has 0 spiro atoms. The molecule has 1 aromatic rings. The molecule has 0 aliphatic heterocycles. The summed E-state index contributed by atoms with van der Waals surface area (Å²) >= 11 is 0. The van der Waals surface area contributed by atoms with E-state index in [0.29, 0.717) is 6.54 Å². The summed E-state index contributed by atoms with van der Waals surface area (Å²) in [5.74, 6) is 0.249. The van der Waals surface area contributed by atoms with Crippen molar-refractivity contribution in [2.24, 2.45) is 5.92 Å². The van der Waals surface area contributed by atoms with Crippen molar-refractivity contribution in [3.63, 3.8) is 0 Å². The van der Waals surface area contributed by atoms with Crippen LogP contribution in [0.4, 0.5) is 16.2 Å². The number of hydrogen-bond donors (Lipinski definition) is 2. The SMILES string of the molecule is CCC(C)N(Cc1cc(NC(=O)C2CC2)ccc1N(C)C)C(=O)NC(C)(C)C. The molecule has 0 bridgehead atoms. The van der Waals surface area contributed by atoms with Crippen LogP contribution >= 0.6 is 0 Å². The van der Waals surface area contributed by atoms with Crippen molar-refractivity contribution in [1.29, 1.82) is 0 Å². The lowest BCUT2D eigenvalue weighted by Crippen LogP contribution is -2.51. The number of carbonyl (C=O) groups excluding carboxylic acids is 2. The molecule has 6 nitrogen and oxygen atoms in total. The Kier molecular flexibility index (Phi) is 6.96. The number of hydrogen-bond acceptors (Lipinski definition) is 3. The Morgan fingerprint density at radius 3 is 2.36 bits per heavy atom. The van der Waals surface area contributed by atoms with Gasteiger partial charge in [0.05, 0.1) is 0 Å². The van der Waals surface area contributed by atoms with Crippen LogP contribution in [0.1, 0.15) is 59.4 Å². The largest absolute Gasteiger partial charge is 0.377 e. The van der Waals surface area contributed by atoms with Gasteiger partial charge in [-0.15, -0.1) is 0 Å². The first-order chi connectivity index (χ1) is 13.0. The Balaban J connectivity index is 2.29. The Morgan fingerprint density at radius 2 is 1.86 bits per heavy atom. The van der Waals surface area contributed by atoms with E-state index >= 15 is 0 Å². The number of amides is 3. The number of nitrogens with one attached hydrogen (secondary N) is 2. The molecule has 2 rings (SSSR count). The van der Waals surface area contributed by atoms with Gasteiger partial charge in [0.15, 0.2) is 0 Å². The van der Waals surface area contributed by atoms with Crippen LogP contribution in [-0.2, 0) is 11.3 Å². The van der Waals surface area contributed by atoms with Crippen molar-refractivity contribution in [3.05, 3.63) is 23.8 Å². The Labute approximate surface area is 169 Å². The van der Waals surface area contributed by atoms with Crippen molar-refractivity contribution in [1.82, 2.24) is 10.2 Å². The molecule has 1 aliphatic rings. The van der Waals surface area contributed by atoms with Crippen LogP contribution in [0, 0.1) is 5.92 Å². The lowest BCUT2D eigenvalue weighted by Gasteiger charge is -2.33. The minimum atomic E-state index is -0.298. The highest BCUT2D eigenvalue weighted by Crippen LogP contribution is 2.31. The fraction of sp³-hybridized carbons (Fsp3) is 0.636. The first-order valence-electron chi connectivity index (χ1n) is 10.2. The monoisotopic (exact) mass is 388 g/mol. The number of carbonyl (C=O) groups is 2. The molecule has 1 atom stereocenters. The van der Waals surface area contributed by atoms with Crippen LogP contribution in [0.15, 0.2) is 18.2 Å². The second kappa shape index (κ2) is 8.84. The number of urea groups is 1. The topological polar surface area (TPSA) is 64.7 Å². The van der Waals surface area contributed by atoms with E-state index in [9.17, 15) is 9.59 Å². The van der Waals surface area contributed by atoms with Gasteiger partial charge in [0.2, 0.25) is 5.91 Å². The Bertz CT molecular complexity index is 705. The smallest absolute Gasteiger partial charge is 0.318 e. The molecule has 156 valence electrons. The van der Waals surface area contributed by atoms with E-state index in [-0.39, 0.29) is 29.4 Å². The van der Waals surface area contributed by atoms with E-state index in [1.165, 1.54) is 0 Å². The maximum absolute atomic E-state index is 12.9. The molecule has 2 N–H and O–H groups in total. The minimum absolute atomic E-state index is 0.0704. The van der Waals surface area contributed by atoms with Crippen molar-refractivity contribution in [3.8, 4) is 0 Å². The summed E-state index contributed by atoms with van der Waals surface area (Å²) in [4.78, 5) is 29.0. The first kappa shape index (κ1) is 22.1. The lowest BCUT2D eigenvalue weighted by atomic mass is 10.1. The third kappa shape index (κ3) is 6.14. The molecule has 6 heteroatoms. The molecule has 1 fully saturated rings. The van der Waals surface area contributed by atoms with Crippen LogP contribution in [0.5, 0.6) is 0 Å². The molecule has 28 heavy (non-hydrogen) atoms. The van der Waals surface area contributed by atoms with Gasteiger partial charge in [-0.05, 0) is 70.7 Å². The van der Waals surface area contributed by atoms with E-state index in [0.717, 1.165) is 36.2 Å². The highest BCUT2D eigenvalue weighted by atomic mass is 16.2. The predicted molar refractivity (Wildman–Crippen MR) is 116 cm³/mol. The fourth-order valence-electron chi connectivity index (χ4n) is 3.04. The summed E-state index contributed by atoms with van der Waals surface area (Å²) < 4.78 is 0. The Hall–Kier alpha value is -2.24. The van der Waals surface area contributed by atoms with Crippen LogP contribution in [0.25, 0.3) is 0 Å². The summed E-state index contributed by atoms with van der Waals surface area (Å²) in [6.07, 6.45) is 2.82. The molecular formula is C22H36N4O2. The van der Waals surface area contributed by atoms with Crippen molar-refractivity contribution >= 4 is 23.3 Å². The number of anilines is 2. The molecular weight excluding hydrogens is 352 g/mol. The average Bonchev–Trinajstić information content (AvgIpc) is 3.42. The van der Waals surface area contributed by atoms with Crippen LogP contribution in [-0.4, -0.2) is 42.5 Å². The van der Waals surface area contributed by atoms with E-state index in [4.69, 9.17) is 0 Å². The van der Waals surface area contributed by atoms with Gasteiger partial charge in [0, 0.05) is 49.5 Å². The summed E-state index contributed by atoms with van der Waals surface area (Å²) in [5, 5.41) is 6.09. The van der Waals surface area contributed by atoms with Crippen molar-refractivity contribution in [2.45, 2.75) is 72.0 Å². The molecule has 0 aromatic heterocycles. The fourth-order valence-corrected chi connectivity index (χ4v) is 3.04. The second-order valence-electron chi connectivity index (χ2n) is 9.07. The van der Waals surface area contributed by atoms with Crippen molar-refractivity contribution in [2.75, 3.05) is 24.3 Å². The zero-order valence-corrected chi connectivity index (χ0v) is 18.4. The second-order valence-corrected chi connectivity index (χ2v) is 9.07. The molecule has 1 aliphatic carbocycles. The van der Waals surface area contributed by atoms with Gasteiger partial charge in [-0.25, -0.2) is 4.79 Å². The Morgan fingerprint density at radius 1 is 1.21 bits per heavy atom. The third-order valence-corrected chi connectivity index (χ3v) is 4.98. The molecule has 1 saturated carbocycles. The maximum Gasteiger partial charge on any atom is 0.318 e. The molecule has 1 unspecified atom stereocenters. The predicted octanol–water partition coefficient (Wildman–Crippen LogP) is 4.21. The lowest BCUT2D eigenvalue weighted by molar-refractivity contribution is -0.117. The highest BCUT2D eigenvalue weighted by Gasteiger charge is 2.30. The zero-order valence-electron chi connectivity index (χ0n) is 18.4. The van der Waals surface area contributed by atoms with Gasteiger partial charge >= 0.3 is 6.03 Å². The van der Waals surface area contributed by atoms with Gasteiger partial charge in [0.25, 0.3) is 0 Å². The van der Waals surface area contributed by atoms with Gasteiger partial charge in [-0.1, -0.05) is 6.92 Å². The number of rotatable bonds is 7. The summed E-state index contributed by atoms with van der Waals surface area (Å²) in [6.45, 7) is 10.6. The van der Waals surface area contributed by atoms with Crippen LogP contribution < -0.4 is 15.5 Å². The standard InChI is InChI=1S/C22H36N4O2/c1-8-15(2)26(21(28)24-22(3,4)5)14-17-13-18(11-12-19(17)25(6)7)23-20(27)16-9-10-16/h11-13,15-16H,8-10,14H2,1-7H3,(H,23,27)(H,24,28). The van der Waals surface area contributed by atoms with E-state index in [1.54, 1.807) is 0 Å². The van der Waals surface area contributed by atoms with E-state index < -0.39 is 0 Å². The van der Waals surface area contributed by atoms with Gasteiger partial charge in [-0.3, -0.25) is 4.79 Å². The third-order valence-electron chi connectivity index (χ3n) is 4.98. The van der Waals surface area contributed by atoms with Crippen LogP contribution in [0.3, 0.4) is 0 Å². The zero-order chi connectivity index (χ0) is 21.1. The van der Waals surface area contributed by atoms with Gasteiger partial charge in [-0.2, -0.15) is 0 Å². The minimum Gasteiger partial charge on any atom is -0.377 e. The number of benzene rings is 1. The van der Waals surface area contributed by atoms with Crippen LogP contribution in [0.2, 0.25) is 0 Å². The number of nitrogens with zero attached hydrogens (tertiary/aromatic N) is 2. The average molecular weight is 389 g/mol. The normalized spacial score (nSPS) is 15.0. The summed E-state index contributed by atoms with van der Waals surface area (Å²) in [5.41, 5.74) is 2.55. The summed E-state index contributed by atoms with van der Waals surface area (Å²) in [7, 11) is 3.98. The summed E-state index contributed by atoms with van der Waals surface area (Å²) in [6, 6.07) is 5.96. The van der Waals surface area contributed by atoms with Gasteiger partial charge < -0.3 is 20.4 Å². The van der Waals surface area contributed by atoms with E-state index in [1.807, 2.05) is 62.9 Å². The molecule has 0 saturated heterocycles. The molecule has 3 amide bonds.